The number of carbonyl (C=O) groups excluding carboxylic acids is 1. The molecule has 1 fully saturated rings. The van der Waals surface area contributed by atoms with Gasteiger partial charge in [0.25, 0.3) is 11.6 Å². The average molecular weight is 506 g/mol. The normalized spacial score (nSPS) is 15.1. The molecule has 184 valence electrons. The van der Waals surface area contributed by atoms with Crippen molar-refractivity contribution in [1.82, 2.24) is 5.32 Å². The fourth-order valence-corrected chi connectivity index (χ4v) is 4.17. The average Bonchev–Trinajstić information content (AvgIpc) is 3.22. The lowest BCUT2D eigenvalue weighted by molar-refractivity contribution is -0.384. The molecule has 9 nitrogen and oxygen atoms in total. The van der Waals surface area contributed by atoms with Gasteiger partial charge in [0.15, 0.2) is 16.7 Å². The number of amides is 1. The van der Waals surface area contributed by atoms with Crippen molar-refractivity contribution in [2.45, 2.75) is 13.5 Å². The Labute approximate surface area is 211 Å². The van der Waals surface area contributed by atoms with Crippen molar-refractivity contribution < 1.29 is 23.9 Å². The Morgan fingerprint density at radius 1 is 1.06 bits per heavy atom. The van der Waals surface area contributed by atoms with Gasteiger partial charge in [0, 0.05) is 12.1 Å². The summed E-state index contributed by atoms with van der Waals surface area (Å²) < 4.78 is 16.8. The highest BCUT2D eigenvalue weighted by Crippen LogP contribution is 2.33. The van der Waals surface area contributed by atoms with Crippen molar-refractivity contribution in [2.24, 2.45) is 4.99 Å². The van der Waals surface area contributed by atoms with E-state index in [1.54, 1.807) is 61.7 Å². The monoisotopic (exact) mass is 505 g/mol. The molecule has 1 heterocycles. The second-order valence-corrected chi connectivity index (χ2v) is 8.57. The molecule has 1 saturated heterocycles. The standard InChI is InChI=1S/C26H23N3O6S/c1-3-34-23-14-17(7-12-22(23)35-16-18-5-4-6-20(13-18)29(31)32)15-24-25(30)28-26(36-24)27-19-8-10-21(33-2)11-9-19/h4-15H,3,16H2,1-2H3,(H,27,28,30)/b24-15+. The number of hydrogen-bond donors (Lipinski definition) is 1. The third-order valence-corrected chi connectivity index (χ3v) is 5.94. The molecule has 1 N–H and O–H groups in total. The number of thioether (sulfide) groups is 1. The molecular weight excluding hydrogens is 482 g/mol. The van der Waals surface area contributed by atoms with E-state index in [1.807, 2.05) is 13.0 Å². The van der Waals surface area contributed by atoms with Gasteiger partial charge >= 0.3 is 0 Å². The van der Waals surface area contributed by atoms with Crippen LogP contribution in [0.4, 0.5) is 11.4 Å². The van der Waals surface area contributed by atoms with E-state index in [0.29, 0.717) is 39.4 Å². The van der Waals surface area contributed by atoms with Crippen LogP contribution in [-0.2, 0) is 11.4 Å². The summed E-state index contributed by atoms with van der Waals surface area (Å²) in [7, 11) is 1.60. The number of nitrogens with zero attached hydrogens (tertiary/aromatic N) is 2. The highest BCUT2D eigenvalue weighted by Gasteiger charge is 2.24. The Kier molecular flexibility index (Phi) is 7.86. The highest BCUT2D eigenvalue weighted by atomic mass is 32.2. The van der Waals surface area contributed by atoms with Crippen LogP contribution < -0.4 is 19.5 Å². The Bertz CT molecular complexity index is 1340. The van der Waals surface area contributed by atoms with Crippen molar-refractivity contribution in [1.29, 1.82) is 0 Å². The van der Waals surface area contributed by atoms with Crippen molar-refractivity contribution in [3.63, 3.8) is 0 Å². The van der Waals surface area contributed by atoms with Gasteiger partial charge in [-0.1, -0.05) is 18.2 Å². The van der Waals surface area contributed by atoms with Gasteiger partial charge in [-0.15, -0.1) is 0 Å². The number of benzene rings is 3. The highest BCUT2D eigenvalue weighted by molar-refractivity contribution is 8.18. The lowest BCUT2D eigenvalue weighted by Crippen LogP contribution is -2.19. The zero-order valence-electron chi connectivity index (χ0n) is 19.6. The summed E-state index contributed by atoms with van der Waals surface area (Å²) in [5, 5.41) is 14.3. The van der Waals surface area contributed by atoms with Crippen LogP contribution in [0.3, 0.4) is 0 Å². The molecule has 0 unspecified atom stereocenters. The molecule has 0 aliphatic carbocycles. The third kappa shape index (κ3) is 6.22. The molecule has 3 aromatic rings. The molecule has 0 spiro atoms. The number of nitrogens with one attached hydrogen (secondary N) is 1. The summed E-state index contributed by atoms with van der Waals surface area (Å²) in [5.41, 5.74) is 2.12. The first-order valence-electron chi connectivity index (χ1n) is 11.0. The van der Waals surface area contributed by atoms with Gasteiger partial charge in [-0.25, -0.2) is 4.99 Å². The maximum absolute atomic E-state index is 12.5. The van der Waals surface area contributed by atoms with E-state index >= 15 is 0 Å². The number of methoxy groups -OCH3 is 1. The lowest BCUT2D eigenvalue weighted by atomic mass is 10.1. The molecule has 3 aromatic carbocycles. The second kappa shape index (κ2) is 11.4. The largest absolute Gasteiger partial charge is 0.497 e. The van der Waals surface area contributed by atoms with Gasteiger partial charge in [-0.3, -0.25) is 14.9 Å². The Balaban J connectivity index is 1.49. The van der Waals surface area contributed by atoms with Gasteiger partial charge < -0.3 is 19.5 Å². The van der Waals surface area contributed by atoms with E-state index in [4.69, 9.17) is 14.2 Å². The van der Waals surface area contributed by atoms with E-state index in [0.717, 1.165) is 11.3 Å². The smallest absolute Gasteiger partial charge is 0.269 e. The van der Waals surface area contributed by atoms with E-state index in [9.17, 15) is 14.9 Å². The number of aliphatic imine (C=N–C) groups is 1. The molecule has 36 heavy (non-hydrogen) atoms. The van der Waals surface area contributed by atoms with Crippen LogP contribution in [0.15, 0.2) is 76.6 Å². The first-order chi connectivity index (χ1) is 17.4. The Hall–Kier alpha value is -4.31. The number of nitro benzene ring substituents is 1. The first-order valence-corrected chi connectivity index (χ1v) is 11.8. The predicted molar refractivity (Wildman–Crippen MR) is 139 cm³/mol. The van der Waals surface area contributed by atoms with Gasteiger partial charge in [-0.05, 0) is 72.3 Å². The maximum Gasteiger partial charge on any atom is 0.269 e. The van der Waals surface area contributed by atoms with Crippen molar-refractivity contribution in [2.75, 3.05) is 13.7 Å². The summed E-state index contributed by atoms with van der Waals surface area (Å²) in [6.45, 7) is 2.42. The van der Waals surface area contributed by atoms with E-state index in [-0.39, 0.29) is 18.2 Å². The molecule has 1 amide bonds. The molecule has 0 bridgehead atoms. The fourth-order valence-electron chi connectivity index (χ4n) is 3.33. The van der Waals surface area contributed by atoms with Crippen LogP contribution in [0.25, 0.3) is 6.08 Å². The molecule has 0 atom stereocenters. The van der Waals surface area contributed by atoms with Crippen molar-refractivity contribution in [3.05, 3.63) is 92.9 Å². The topological polar surface area (TPSA) is 112 Å². The zero-order valence-corrected chi connectivity index (χ0v) is 20.4. The zero-order chi connectivity index (χ0) is 25.5. The molecule has 1 aliphatic rings. The number of hydrogen-bond acceptors (Lipinski definition) is 8. The van der Waals surface area contributed by atoms with Gasteiger partial charge in [-0.2, -0.15) is 0 Å². The minimum absolute atomic E-state index is 0.00495. The number of nitro groups is 1. The maximum atomic E-state index is 12.5. The summed E-state index contributed by atoms with van der Waals surface area (Å²) in [5.74, 6) is 1.49. The predicted octanol–water partition coefficient (Wildman–Crippen LogP) is 5.47. The number of amidine groups is 1. The number of non-ortho nitro benzene ring substituents is 1. The van der Waals surface area contributed by atoms with Gasteiger partial charge in [0.05, 0.1) is 29.2 Å². The van der Waals surface area contributed by atoms with Gasteiger partial charge in [0.1, 0.15) is 12.4 Å². The van der Waals surface area contributed by atoms with Crippen molar-refractivity contribution >= 4 is 40.3 Å². The van der Waals surface area contributed by atoms with Gasteiger partial charge in [0.2, 0.25) is 0 Å². The second-order valence-electron chi connectivity index (χ2n) is 7.53. The molecule has 10 heteroatoms. The van der Waals surface area contributed by atoms with E-state index in [2.05, 4.69) is 10.3 Å². The van der Waals surface area contributed by atoms with Crippen LogP contribution in [0, 0.1) is 10.1 Å². The molecule has 0 radical (unpaired) electrons. The van der Waals surface area contributed by atoms with Crippen LogP contribution in [-0.4, -0.2) is 29.7 Å². The van der Waals surface area contributed by atoms with E-state index in [1.165, 1.54) is 23.9 Å². The molecule has 1 aliphatic heterocycles. The summed E-state index contributed by atoms with van der Waals surface area (Å²) in [6, 6.07) is 18.8. The molecule has 0 aromatic heterocycles. The lowest BCUT2D eigenvalue weighted by Gasteiger charge is -2.13. The van der Waals surface area contributed by atoms with Crippen LogP contribution in [0.2, 0.25) is 0 Å². The minimum Gasteiger partial charge on any atom is -0.497 e. The Morgan fingerprint density at radius 3 is 2.58 bits per heavy atom. The summed E-state index contributed by atoms with van der Waals surface area (Å²) >= 11 is 1.25. The first kappa shape index (κ1) is 24.8. The molecule has 0 saturated carbocycles. The van der Waals surface area contributed by atoms with E-state index < -0.39 is 4.92 Å². The molecule has 4 rings (SSSR count). The molecular formula is C26H23N3O6S. The quantitative estimate of drug-likeness (QED) is 0.233. The van der Waals surface area contributed by atoms with Crippen molar-refractivity contribution in [3.8, 4) is 17.2 Å². The van der Waals surface area contributed by atoms with Crippen LogP contribution in [0.1, 0.15) is 18.1 Å². The SMILES string of the molecule is CCOc1cc(/C=C2/SC(=Nc3ccc(OC)cc3)NC2=O)ccc1OCc1cccc([N+](=O)[O-])c1. The third-order valence-electron chi connectivity index (χ3n) is 5.04. The number of rotatable bonds is 9. The fraction of sp³-hybridized carbons (Fsp3) is 0.154. The number of ether oxygens (including phenoxy) is 3. The summed E-state index contributed by atoms with van der Waals surface area (Å²) in [6.07, 6.45) is 1.75. The Morgan fingerprint density at radius 2 is 1.86 bits per heavy atom. The van der Waals surface area contributed by atoms with Crippen LogP contribution >= 0.6 is 11.8 Å². The van der Waals surface area contributed by atoms with Crippen LogP contribution in [0.5, 0.6) is 17.2 Å². The summed E-state index contributed by atoms with van der Waals surface area (Å²) in [4.78, 5) is 28.0. The number of carbonyl (C=O) groups is 1. The minimum atomic E-state index is -0.443.